The van der Waals surface area contributed by atoms with Crippen LogP contribution in [-0.2, 0) is 0 Å². The molecule has 0 fully saturated rings. The summed E-state index contributed by atoms with van der Waals surface area (Å²) in [5.41, 5.74) is 3.51. The first-order valence-electron chi connectivity index (χ1n) is 4.88. The van der Waals surface area contributed by atoms with Gasteiger partial charge in [-0.25, -0.2) is 0 Å². The minimum absolute atomic E-state index is 0.185. The predicted molar refractivity (Wildman–Crippen MR) is 54.5 cm³/mol. The van der Waals surface area contributed by atoms with Crippen molar-refractivity contribution in [3.05, 3.63) is 0 Å². The summed E-state index contributed by atoms with van der Waals surface area (Å²) in [6.07, 6.45) is 0. The van der Waals surface area contributed by atoms with Gasteiger partial charge in [0.05, 0.1) is 12.1 Å². The van der Waals surface area contributed by atoms with Gasteiger partial charge in [-0.15, -0.1) is 0 Å². The molecule has 2 unspecified atom stereocenters. The summed E-state index contributed by atoms with van der Waals surface area (Å²) in [5, 5.41) is 8.22. The van der Waals surface area contributed by atoms with E-state index in [0.29, 0.717) is 6.04 Å². The van der Waals surface area contributed by atoms with E-state index in [1.165, 1.54) is 0 Å². The van der Waals surface area contributed by atoms with Crippen LogP contribution in [0.4, 0.5) is 0 Å². The Kier molecular flexibility index (Phi) is 2.39. The van der Waals surface area contributed by atoms with E-state index in [0.717, 1.165) is 0 Å². The lowest BCUT2D eigenvalue weighted by molar-refractivity contribution is 0.189. The molecule has 13 heavy (non-hydrogen) atoms. The molecule has 0 saturated heterocycles. The Morgan fingerprint density at radius 3 is 1.77 bits per heavy atom. The largest absolute Gasteiger partial charge is 0.286 e. The van der Waals surface area contributed by atoms with Crippen molar-refractivity contribution in [3.63, 3.8) is 0 Å². The van der Waals surface area contributed by atoms with E-state index in [2.05, 4.69) is 57.3 Å². The van der Waals surface area contributed by atoms with Crippen LogP contribution in [0.5, 0.6) is 0 Å². The smallest absolute Gasteiger partial charge is 0.1000 e. The number of nitrogens with zero attached hydrogens (tertiary/aromatic N) is 2. The van der Waals surface area contributed by atoms with Crippen molar-refractivity contribution in [3.8, 4) is 0 Å². The van der Waals surface area contributed by atoms with E-state index < -0.39 is 0 Å². The lowest BCUT2D eigenvalue weighted by atomic mass is 9.74. The van der Waals surface area contributed by atoms with Gasteiger partial charge in [-0.3, -0.25) is 5.43 Å². The average Bonchev–Trinajstić information content (AvgIpc) is 2.27. The molecule has 0 radical (unpaired) electrons. The lowest BCUT2D eigenvalue weighted by Gasteiger charge is -2.35. The van der Waals surface area contributed by atoms with Gasteiger partial charge in [0.15, 0.2) is 0 Å². The van der Waals surface area contributed by atoms with E-state index in [9.17, 15) is 0 Å². The third-order valence-corrected chi connectivity index (χ3v) is 2.52. The lowest BCUT2D eigenvalue weighted by Crippen LogP contribution is -2.47. The zero-order valence-corrected chi connectivity index (χ0v) is 9.55. The van der Waals surface area contributed by atoms with Gasteiger partial charge in [-0.1, -0.05) is 46.8 Å². The van der Waals surface area contributed by atoms with Crippen LogP contribution in [-0.4, -0.2) is 12.1 Å². The summed E-state index contributed by atoms with van der Waals surface area (Å²) in [7, 11) is 0. The third kappa shape index (κ3) is 2.20. The first-order chi connectivity index (χ1) is 5.73. The first-order valence-corrected chi connectivity index (χ1v) is 4.88. The molecule has 0 aromatic heterocycles. The number of hydrogen-bond donors (Lipinski definition) is 1. The molecule has 1 rings (SSSR count). The molecule has 0 bridgehead atoms. The maximum absolute atomic E-state index is 4.27. The molecule has 3 heteroatoms. The summed E-state index contributed by atoms with van der Waals surface area (Å²) in [6, 6.07) is 0.639. The van der Waals surface area contributed by atoms with Crippen LogP contribution in [0.15, 0.2) is 10.3 Å². The molecule has 1 aliphatic rings. The summed E-state index contributed by atoms with van der Waals surface area (Å²) in [5.74, 6) is 0. The molecule has 0 amide bonds. The predicted octanol–water partition coefficient (Wildman–Crippen LogP) is 2.79. The molecular weight excluding hydrogens is 162 g/mol. The molecule has 0 aromatic carbocycles. The van der Waals surface area contributed by atoms with Crippen molar-refractivity contribution in [2.75, 3.05) is 0 Å². The highest BCUT2D eigenvalue weighted by Crippen LogP contribution is 2.35. The van der Waals surface area contributed by atoms with E-state index in [1.807, 2.05) is 0 Å². The van der Waals surface area contributed by atoms with Gasteiger partial charge in [0.1, 0.15) is 0 Å². The summed E-state index contributed by atoms with van der Waals surface area (Å²) in [6.45, 7) is 13.3. The number of hydrogen-bond acceptors (Lipinski definition) is 3. The SMILES string of the molecule is CC(C)(C)C1N=NNC1C(C)(C)C. The number of rotatable bonds is 0. The standard InChI is InChI=1S/C10H21N3/c1-9(2,3)7-8(10(4,5)6)12-13-11-7/h7-8H,1-6H3,(H,11,12). The van der Waals surface area contributed by atoms with Crippen LogP contribution in [0.1, 0.15) is 41.5 Å². The fourth-order valence-corrected chi connectivity index (χ4v) is 1.64. The van der Waals surface area contributed by atoms with Crippen LogP contribution in [0, 0.1) is 10.8 Å². The maximum atomic E-state index is 4.27. The van der Waals surface area contributed by atoms with Crippen molar-refractivity contribution in [1.82, 2.24) is 5.43 Å². The maximum Gasteiger partial charge on any atom is 0.1000 e. The summed E-state index contributed by atoms with van der Waals surface area (Å²) in [4.78, 5) is 0. The van der Waals surface area contributed by atoms with E-state index in [1.54, 1.807) is 0 Å². The van der Waals surface area contributed by atoms with E-state index >= 15 is 0 Å². The van der Waals surface area contributed by atoms with Crippen molar-refractivity contribution in [1.29, 1.82) is 0 Å². The Bertz CT molecular complexity index is 207. The molecule has 1 aliphatic heterocycles. The van der Waals surface area contributed by atoms with E-state index in [4.69, 9.17) is 0 Å². The highest BCUT2D eigenvalue weighted by Gasteiger charge is 2.41. The van der Waals surface area contributed by atoms with Gasteiger partial charge in [-0.05, 0) is 10.8 Å². The molecule has 0 spiro atoms. The van der Waals surface area contributed by atoms with Gasteiger partial charge in [0.2, 0.25) is 0 Å². The van der Waals surface area contributed by atoms with Gasteiger partial charge in [0.25, 0.3) is 0 Å². The summed E-state index contributed by atoms with van der Waals surface area (Å²) < 4.78 is 0. The second-order valence-electron chi connectivity index (χ2n) is 6.00. The molecule has 1 heterocycles. The first kappa shape index (κ1) is 10.5. The zero-order chi connectivity index (χ0) is 10.3. The van der Waals surface area contributed by atoms with Crippen molar-refractivity contribution < 1.29 is 0 Å². The Hall–Kier alpha value is -0.600. The Labute approximate surface area is 81.0 Å². The van der Waals surface area contributed by atoms with Gasteiger partial charge < -0.3 is 0 Å². The average molecular weight is 183 g/mol. The highest BCUT2D eigenvalue weighted by molar-refractivity contribution is 4.97. The van der Waals surface area contributed by atoms with Gasteiger partial charge >= 0.3 is 0 Å². The fraction of sp³-hybridized carbons (Fsp3) is 1.00. The molecular formula is C10H21N3. The van der Waals surface area contributed by atoms with Crippen LogP contribution in [0.25, 0.3) is 0 Å². The normalized spacial score (nSPS) is 29.1. The Morgan fingerprint density at radius 1 is 0.923 bits per heavy atom. The molecule has 0 aromatic rings. The molecule has 2 atom stereocenters. The summed E-state index contributed by atoms with van der Waals surface area (Å²) >= 11 is 0. The Balaban J connectivity index is 2.81. The zero-order valence-electron chi connectivity index (χ0n) is 9.55. The molecule has 3 nitrogen and oxygen atoms in total. The van der Waals surface area contributed by atoms with Crippen LogP contribution in [0.2, 0.25) is 0 Å². The minimum Gasteiger partial charge on any atom is -0.286 e. The monoisotopic (exact) mass is 183 g/mol. The molecule has 1 N–H and O–H groups in total. The van der Waals surface area contributed by atoms with Gasteiger partial charge in [0, 0.05) is 0 Å². The number of nitrogens with one attached hydrogen (secondary N) is 1. The molecule has 0 aliphatic carbocycles. The second kappa shape index (κ2) is 2.96. The van der Waals surface area contributed by atoms with Crippen molar-refractivity contribution in [2.24, 2.45) is 21.2 Å². The van der Waals surface area contributed by atoms with E-state index in [-0.39, 0.29) is 16.9 Å². The molecule has 0 saturated carbocycles. The Morgan fingerprint density at radius 2 is 1.46 bits per heavy atom. The third-order valence-electron chi connectivity index (χ3n) is 2.52. The van der Waals surface area contributed by atoms with Gasteiger partial charge in [-0.2, -0.15) is 5.11 Å². The minimum atomic E-state index is 0.185. The highest BCUT2D eigenvalue weighted by atomic mass is 15.5. The quantitative estimate of drug-likeness (QED) is 0.616. The topological polar surface area (TPSA) is 36.8 Å². The van der Waals surface area contributed by atoms with Crippen LogP contribution < -0.4 is 5.43 Å². The van der Waals surface area contributed by atoms with Crippen LogP contribution in [0.3, 0.4) is 0 Å². The molecule has 76 valence electrons. The van der Waals surface area contributed by atoms with Crippen LogP contribution >= 0.6 is 0 Å². The van der Waals surface area contributed by atoms with Crippen molar-refractivity contribution >= 4 is 0 Å². The second-order valence-corrected chi connectivity index (χ2v) is 6.00. The fourth-order valence-electron chi connectivity index (χ4n) is 1.64. The van der Waals surface area contributed by atoms with Crippen molar-refractivity contribution in [2.45, 2.75) is 53.6 Å².